The van der Waals surface area contributed by atoms with Crippen molar-refractivity contribution in [1.29, 1.82) is 0 Å². The minimum Gasteiger partial charge on any atom is -0.468 e. The van der Waals surface area contributed by atoms with E-state index < -0.39 is 94.6 Å². The Hall–Kier alpha value is -2.73. The summed E-state index contributed by atoms with van der Waals surface area (Å²) >= 11 is 0. The Morgan fingerprint density at radius 2 is 0.479 bits per heavy atom. The predicted molar refractivity (Wildman–Crippen MR) is 176 cm³/mol. The first kappa shape index (κ1) is 43.3. The quantitative estimate of drug-likeness (QED) is 0.0641. The lowest BCUT2D eigenvalue weighted by atomic mass is 10.4. The molecule has 0 aromatic rings. The van der Waals surface area contributed by atoms with Crippen LogP contribution in [0.5, 0.6) is 0 Å². The number of rotatable bonds is 18. The standard InChI is InChI=1S/C24H48N9O12P3/c1-13(19(34)40-7)25-46(26-14(2)20(35)41-8)31-47(27-15(3)21(36)42-9,28-16(4)22(37)43-10)33-48(32-46,29-17(5)23(38)44-11)30-18(6)24(39)45-12/h13-18,25-30H,1-12H3. The average molecular weight is 748 g/mol. The summed E-state index contributed by atoms with van der Waals surface area (Å²) in [7, 11) is -4.93. The van der Waals surface area contributed by atoms with Crippen LogP contribution in [0, 0.1) is 0 Å². The van der Waals surface area contributed by atoms with Crippen LogP contribution in [0.25, 0.3) is 0 Å². The fraction of sp³-hybridized carbons (Fsp3) is 0.750. The Kier molecular flexibility index (Phi) is 17.0. The molecule has 0 saturated carbocycles. The minimum atomic E-state index is -3.96. The number of esters is 6. The monoisotopic (exact) mass is 747 g/mol. The zero-order chi connectivity index (χ0) is 37.0. The van der Waals surface area contributed by atoms with Crippen molar-refractivity contribution >= 4 is 58.3 Å². The third kappa shape index (κ3) is 11.7. The molecule has 6 atom stereocenters. The van der Waals surface area contributed by atoms with Crippen LogP contribution in [0.3, 0.4) is 0 Å². The van der Waals surface area contributed by atoms with Gasteiger partial charge >= 0.3 is 35.8 Å². The highest BCUT2D eigenvalue weighted by Crippen LogP contribution is 2.71. The first-order chi connectivity index (χ1) is 22.3. The number of carbonyl (C=O) groups excluding carboxylic acids is 6. The molecule has 1 heterocycles. The van der Waals surface area contributed by atoms with Crippen molar-refractivity contribution < 1.29 is 57.2 Å². The van der Waals surface area contributed by atoms with Gasteiger partial charge in [-0.2, -0.15) is 13.5 Å². The van der Waals surface area contributed by atoms with Crippen LogP contribution in [0.15, 0.2) is 13.5 Å². The van der Waals surface area contributed by atoms with E-state index >= 15 is 0 Å². The van der Waals surface area contributed by atoms with E-state index in [0.717, 1.165) is 42.7 Å². The summed E-state index contributed by atoms with van der Waals surface area (Å²) in [5, 5.41) is 18.1. The number of carbonyl (C=O) groups is 6. The number of nitrogens with zero attached hydrogens (tertiary/aromatic N) is 3. The van der Waals surface area contributed by atoms with Crippen LogP contribution in [0.4, 0.5) is 0 Å². The van der Waals surface area contributed by atoms with Crippen LogP contribution in [-0.4, -0.2) is 115 Å². The van der Waals surface area contributed by atoms with E-state index in [2.05, 4.69) is 30.5 Å². The lowest BCUT2D eigenvalue weighted by Crippen LogP contribution is -2.46. The van der Waals surface area contributed by atoms with Crippen molar-refractivity contribution in [3.63, 3.8) is 0 Å². The molecule has 0 aromatic carbocycles. The van der Waals surface area contributed by atoms with E-state index in [-0.39, 0.29) is 0 Å². The number of nitrogens with one attached hydrogen (secondary N) is 6. The summed E-state index contributed by atoms with van der Waals surface area (Å²) in [6.45, 7) is 8.66. The molecule has 0 fully saturated rings. The molecule has 276 valence electrons. The molecule has 24 heteroatoms. The third-order valence-electron chi connectivity index (χ3n) is 6.35. The Morgan fingerprint density at radius 1 is 0.354 bits per heavy atom. The van der Waals surface area contributed by atoms with Crippen molar-refractivity contribution in [1.82, 2.24) is 30.5 Å². The first-order valence-corrected chi connectivity index (χ1v) is 19.5. The van der Waals surface area contributed by atoms with Gasteiger partial charge in [-0.25, -0.2) is 30.5 Å². The lowest BCUT2D eigenvalue weighted by molar-refractivity contribution is -0.143. The highest BCUT2D eigenvalue weighted by molar-refractivity contribution is 7.83. The summed E-state index contributed by atoms with van der Waals surface area (Å²) in [6, 6.07) is -6.90. The summed E-state index contributed by atoms with van der Waals surface area (Å²) < 4.78 is 44.3. The van der Waals surface area contributed by atoms with E-state index in [0.29, 0.717) is 0 Å². The Bertz CT molecular complexity index is 1130. The van der Waals surface area contributed by atoms with Crippen LogP contribution < -0.4 is 30.5 Å². The second kappa shape index (κ2) is 18.9. The summed E-state index contributed by atoms with van der Waals surface area (Å²) in [5.41, 5.74) is 0. The minimum absolute atomic E-state index is 0.749. The van der Waals surface area contributed by atoms with E-state index in [1.54, 1.807) is 0 Å². The van der Waals surface area contributed by atoms with Crippen molar-refractivity contribution in [2.45, 2.75) is 77.8 Å². The van der Waals surface area contributed by atoms with Gasteiger partial charge in [0.1, 0.15) is 36.3 Å². The molecule has 6 unspecified atom stereocenters. The molecule has 0 radical (unpaired) electrons. The fourth-order valence-corrected chi connectivity index (χ4v) is 16.5. The maximum atomic E-state index is 12.8. The van der Waals surface area contributed by atoms with Crippen molar-refractivity contribution in [2.75, 3.05) is 42.7 Å². The molecule has 0 spiro atoms. The highest BCUT2D eigenvalue weighted by atomic mass is 31.3. The lowest BCUT2D eigenvalue weighted by Gasteiger charge is -2.41. The number of hydrogen-bond acceptors (Lipinski definition) is 21. The van der Waals surface area contributed by atoms with Crippen molar-refractivity contribution in [3.8, 4) is 0 Å². The first-order valence-electron chi connectivity index (χ1n) is 14.4. The van der Waals surface area contributed by atoms with Gasteiger partial charge in [-0.1, -0.05) is 0 Å². The maximum absolute atomic E-state index is 12.8. The van der Waals surface area contributed by atoms with Gasteiger partial charge in [0, 0.05) is 0 Å². The molecule has 21 nitrogen and oxygen atoms in total. The van der Waals surface area contributed by atoms with E-state index in [9.17, 15) is 28.8 Å². The molecular formula is C24H48N9O12P3. The van der Waals surface area contributed by atoms with E-state index in [1.165, 1.54) is 41.5 Å². The van der Waals surface area contributed by atoms with Gasteiger partial charge in [0.25, 0.3) is 0 Å². The highest BCUT2D eigenvalue weighted by Gasteiger charge is 2.44. The van der Waals surface area contributed by atoms with Gasteiger partial charge in [0.2, 0.25) is 22.5 Å². The fourth-order valence-electron chi connectivity index (χ4n) is 4.03. The summed E-state index contributed by atoms with van der Waals surface area (Å²) in [6.07, 6.45) is 0. The third-order valence-corrected chi connectivity index (χ3v) is 17.0. The topological polar surface area (TPSA) is 267 Å². The maximum Gasteiger partial charge on any atom is 0.322 e. The molecule has 6 N–H and O–H groups in total. The van der Waals surface area contributed by atoms with Crippen LogP contribution in [0.2, 0.25) is 0 Å². The normalized spacial score (nSPS) is 25.5. The second-order valence-corrected chi connectivity index (χ2v) is 17.6. The molecule has 1 aliphatic rings. The molecule has 0 bridgehead atoms. The van der Waals surface area contributed by atoms with Crippen LogP contribution in [0.1, 0.15) is 41.5 Å². The van der Waals surface area contributed by atoms with Crippen molar-refractivity contribution in [2.24, 2.45) is 13.5 Å². The second-order valence-electron chi connectivity index (χ2n) is 10.3. The van der Waals surface area contributed by atoms with Crippen LogP contribution >= 0.6 is 22.5 Å². The zero-order valence-electron chi connectivity index (χ0n) is 29.0. The van der Waals surface area contributed by atoms with Crippen LogP contribution in [-0.2, 0) is 57.2 Å². The molecular weight excluding hydrogens is 699 g/mol. The molecule has 1 aliphatic heterocycles. The van der Waals surface area contributed by atoms with Gasteiger partial charge in [-0.15, -0.1) is 0 Å². The number of hydrogen-bond donors (Lipinski definition) is 6. The zero-order valence-corrected chi connectivity index (χ0v) is 31.7. The summed E-state index contributed by atoms with van der Waals surface area (Å²) in [4.78, 5) is 76.6. The SMILES string of the molecule is COC(=O)C(C)NP1(NC(C)C(=O)OC)=NP(NC(C)C(=O)OC)(NC(C)C(=O)OC)=NP(NC(C)C(=O)OC)(NC(C)C(=O)OC)=N1. The molecule has 0 saturated heterocycles. The van der Waals surface area contributed by atoms with E-state index in [4.69, 9.17) is 42.0 Å². The van der Waals surface area contributed by atoms with E-state index in [1.807, 2.05) is 0 Å². The molecule has 0 aromatic heterocycles. The molecule has 48 heavy (non-hydrogen) atoms. The smallest absolute Gasteiger partial charge is 0.322 e. The van der Waals surface area contributed by atoms with Gasteiger partial charge in [-0.3, -0.25) is 28.8 Å². The molecule has 1 rings (SSSR count). The Labute approximate surface area is 280 Å². The number of ether oxygens (including phenoxy) is 6. The van der Waals surface area contributed by atoms with Gasteiger partial charge in [0.05, 0.1) is 42.7 Å². The largest absolute Gasteiger partial charge is 0.468 e. The van der Waals surface area contributed by atoms with Gasteiger partial charge < -0.3 is 28.4 Å². The van der Waals surface area contributed by atoms with Gasteiger partial charge in [0.15, 0.2) is 0 Å². The van der Waals surface area contributed by atoms with Gasteiger partial charge in [-0.05, 0) is 41.5 Å². The molecule has 0 aliphatic carbocycles. The Morgan fingerprint density at radius 3 is 0.583 bits per heavy atom. The average Bonchev–Trinajstić information content (AvgIpc) is 3.04. The Balaban J connectivity index is 4.60. The van der Waals surface area contributed by atoms with Crippen molar-refractivity contribution in [3.05, 3.63) is 0 Å². The summed E-state index contributed by atoms with van der Waals surface area (Å²) in [5.74, 6) is -4.49. The molecule has 0 amide bonds. The number of methoxy groups -OCH3 is 6. The predicted octanol–water partition coefficient (Wildman–Crippen LogP) is 0.745.